The fourth-order valence-electron chi connectivity index (χ4n) is 10.2. The number of aromatic hydroxyl groups is 1. The van der Waals surface area contributed by atoms with Crippen LogP contribution < -0.4 is 9.64 Å². The second kappa shape index (κ2) is 15.7. The number of ether oxygens (including phenoxy) is 1. The van der Waals surface area contributed by atoms with Gasteiger partial charge in [-0.3, -0.25) is 9.56 Å². The number of hydrogen-bond acceptors (Lipinski definition) is 8. The van der Waals surface area contributed by atoms with E-state index in [2.05, 4.69) is 130 Å². The highest BCUT2D eigenvalue weighted by atomic mass is 32.1. The molecule has 5 heterocycles. The van der Waals surface area contributed by atoms with Crippen LogP contribution in [0.4, 0.5) is 5.69 Å². The van der Waals surface area contributed by atoms with Crippen LogP contribution in [0, 0.1) is 32.6 Å². The Labute approximate surface area is 352 Å². The van der Waals surface area contributed by atoms with E-state index in [4.69, 9.17) is 9.73 Å². The largest absolute Gasteiger partial charge is 0.508 e. The molecule has 6 aromatic rings. The lowest BCUT2D eigenvalue weighted by Gasteiger charge is -2.44. The summed E-state index contributed by atoms with van der Waals surface area (Å²) in [5, 5.41) is 20.3. The van der Waals surface area contributed by atoms with Crippen molar-refractivity contribution in [1.82, 2.24) is 19.7 Å². The van der Waals surface area contributed by atoms with Crippen molar-refractivity contribution in [3.05, 3.63) is 153 Å². The van der Waals surface area contributed by atoms with Crippen molar-refractivity contribution in [2.75, 3.05) is 44.2 Å². The summed E-state index contributed by atoms with van der Waals surface area (Å²) in [5.74, 6) is 5.06. The van der Waals surface area contributed by atoms with Gasteiger partial charge in [-0.15, -0.1) is 21.5 Å². The molecule has 0 radical (unpaired) electrons. The maximum Gasteiger partial charge on any atom is 0.162 e. The van der Waals surface area contributed by atoms with Gasteiger partial charge in [-0.2, -0.15) is 0 Å². The molecule has 0 saturated carbocycles. The average molecular weight is 803 g/mol. The Balaban J connectivity index is 0.711. The van der Waals surface area contributed by atoms with Crippen molar-refractivity contribution < 1.29 is 9.84 Å². The number of phenolic OH excluding ortho intramolecular Hbond substituents is 1. The summed E-state index contributed by atoms with van der Waals surface area (Å²) in [6.45, 7) is 15.0. The van der Waals surface area contributed by atoms with Crippen molar-refractivity contribution in [3.63, 3.8) is 0 Å². The lowest BCUT2D eigenvalue weighted by molar-refractivity contribution is 0.121. The quantitative estimate of drug-likeness (QED) is 0.157. The van der Waals surface area contributed by atoms with Gasteiger partial charge in [-0.25, -0.2) is 0 Å². The maximum absolute atomic E-state index is 10.2. The minimum absolute atomic E-state index is 0.0744. The van der Waals surface area contributed by atoms with Crippen molar-refractivity contribution in [2.45, 2.75) is 71.3 Å². The van der Waals surface area contributed by atoms with Gasteiger partial charge in [0.15, 0.2) is 5.82 Å². The molecule has 9 heteroatoms. The molecule has 59 heavy (non-hydrogen) atoms. The monoisotopic (exact) mass is 802 g/mol. The third-order valence-electron chi connectivity index (χ3n) is 13.6. The number of aliphatic imine (C=N–C) groups is 1. The number of hydrogen-bond donors (Lipinski definition) is 1. The van der Waals surface area contributed by atoms with Gasteiger partial charge < -0.3 is 19.6 Å². The summed E-state index contributed by atoms with van der Waals surface area (Å²) >= 11 is 1.81. The summed E-state index contributed by atoms with van der Waals surface area (Å²) in [7, 11) is 0. The Hall–Kier alpha value is -5.25. The molecule has 4 aliphatic rings. The van der Waals surface area contributed by atoms with Crippen LogP contribution in [0.1, 0.15) is 99.5 Å². The Morgan fingerprint density at radius 1 is 0.814 bits per heavy atom. The molecule has 302 valence electrons. The number of likely N-dealkylation sites (tertiary alicyclic amines) is 1. The minimum Gasteiger partial charge on any atom is -0.508 e. The topological polar surface area (TPSA) is 79.0 Å². The zero-order valence-corrected chi connectivity index (χ0v) is 35.5. The minimum atomic E-state index is -0.0744. The number of nitrogens with zero attached hydrogens (tertiary/aromatic N) is 6. The van der Waals surface area contributed by atoms with Crippen LogP contribution in [0.25, 0.3) is 5.00 Å². The summed E-state index contributed by atoms with van der Waals surface area (Å²) in [4.78, 5) is 11.7. The van der Waals surface area contributed by atoms with E-state index in [-0.39, 0.29) is 12.0 Å². The first-order chi connectivity index (χ1) is 28.8. The Bertz CT molecular complexity index is 2480. The number of aromatic nitrogens is 3. The predicted molar refractivity (Wildman–Crippen MR) is 238 cm³/mol. The normalized spacial score (nSPS) is 20.9. The molecule has 1 aliphatic carbocycles. The van der Waals surface area contributed by atoms with Gasteiger partial charge in [0.1, 0.15) is 28.4 Å². The molecular formula is C50H54N6O2S. The van der Waals surface area contributed by atoms with Crippen LogP contribution in [0.5, 0.6) is 11.5 Å². The second-order valence-electron chi connectivity index (χ2n) is 17.4. The van der Waals surface area contributed by atoms with Crippen molar-refractivity contribution in [3.8, 4) is 16.5 Å². The van der Waals surface area contributed by atoms with E-state index < -0.39 is 0 Å². The summed E-state index contributed by atoms with van der Waals surface area (Å²) in [6.07, 6.45) is 4.42. The molecule has 3 aliphatic heterocycles. The highest BCUT2D eigenvalue weighted by Crippen LogP contribution is 2.47. The molecule has 1 N–H and O–H groups in total. The van der Waals surface area contributed by atoms with Crippen LogP contribution in [0.15, 0.2) is 102 Å². The van der Waals surface area contributed by atoms with E-state index in [1.54, 1.807) is 0 Å². The predicted octanol–water partition coefficient (Wildman–Crippen LogP) is 9.96. The number of thiophene rings is 1. The van der Waals surface area contributed by atoms with Crippen molar-refractivity contribution in [1.29, 1.82) is 0 Å². The molecule has 4 aromatic carbocycles. The molecular weight excluding hydrogens is 749 g/mol. The number of piperidine rings is 1. The first-order valence-corrected chi connectivity index (χ1v) is 22.4. The maximum atomic E-state index is 10.2. The second-order valence-corrected chi connectivity index (χ2v) is 18.6. The number of benzene rings is 4. The number of rotatable bonds is 9. The highest BCUT2D eigenvalue weighted by Gasteiger charge is 2.34. The summed E-state index contributed by atoms with van der Waals surface area (Å²) in [6, 6.07) is 34.7. The first kappa shape index (κ1) is 38.0. The smallest absolute Gasteiger partial charge is 0.162 e. The molecule has 8 nitrogen and oxygen atoms in total. The van der Waals surface area contributed by atoms with Gasteiger partial charge in [0.2, 0.25) is 0 Å². The third-order valence-corrected chi connectivity index (χ3v) is 14.8. The van der Waals surface area contributed by atoms with Crippen LogP contribution in [0.3, 0.4) is 0 Å². The number of anilines is 1. The van der Waals surface area contributed by atoms with Gasteiger partial charge in [-0.1, -0.05) is 60.7 Å². The van der Waals surface area contributed by atoms with E-state index in [1.807, 2.05) is 30.4 Å². The zero-order valence-electron chi connectivity index (χ0n) is 34.6. The molecule has 2 saturated heterocycles. The Morgan fingerprint density at radius 2 is 1.58 bits per heavy atom. The molecule has 0 amide bonds. The van der Waals surface area contributed by atoms with E-state index in [9.17, 15) is 5.11 Å². The lowest BCUT2D eigenvalue weighted by atomic mass is 9.69. The standard InChI is InChI=1S/C50H54N6O2S/c1-31-33(3)59-50-46(31)48(51-32(2)49-53-52-34(4)56(49)50)39-10-15-41(16-11-39)55-28-36(29-55)27-54-24-22-35(23-25-54)30-58-43-18-12-38(13-19-43)47-44(37-8-6-5-7-9-37)20-14-40-26-42(57)17-21-45(40)47/h5-13,15-19,21,26,32,35-36,44,47,57H,14,20,22-25,27-30H2,1-4H3/t32-,44-,47+/m0/s1. The Morgan fingerprint density at radius 3 is 2.34 bits per heavy atom. The number of phenols is 1. The van der Waals surface area contributed by atoms with Crippen LogP contribution in [-0.2, 0) is 6.42 Å². The average Bonchev–Trinajstić information content (AvgIpc) is 3.74. The van der Waals surface area contributed by atoms with Gasteiger partial charge in [0.05, 0.1) is 12.3 Å². The lowest BCUT2D eigenvalue weighted by Crippen LogP contribution is -2.52. The molecule has 2 fully saturated rings. The Kier molecular flexibility index (Phi) is 10.1. The number of fused-ring (bicyclic) bond motifs is 4. The SMILES string of the molecule is Cc1sc2c(c1C)C(c1ccc(N3CC(CN4CCC(COc5ccc([C@H]6c7ccc(O)cc7CC[C@H]6c6ccccc6)cc5)CC4)C3)cc1)=N[C@@H](C)c1nnc(C)n1-2. The fourth-order valence-corrected chi connectivity index (χ4v) is 11.4. The van der Waals surface area contributed by atoms with Crippen molar-refractivity contribution >= 4 is 22.7 Å². The fraction of sp³-hybridized carbons (Fsp3) is 0.380. The van der Waals surface area contributed by atoms with E-state index in [0.29, 0.717) is 23.5 Å². The molecule has 0 spiro atoms. The van der Waals surface area contributed by atoms with E-state index in [1.165, 1.54) is 68.3 Å². The zero-order chi connectivity index (χ0) is 40.2. The summed E-state index contributed by atoms with van der Waals surface area (Å²) < 4.78 is 8.63. The molecule has 0 unspecified atom stereocenters. The van der Waals surface area contributed by atoms with Crippen molar-refractivity contribution in [2.24, 2.45) is 16.8 Å². The van der Waals surface area contributed by atoms with E-state index >= 15 is 0 Å². The van der Waals surface area contributed by atoms with Crippen LogP contribution in [0.2, 0.25) is 0 Å². The van der Waals surface area contributed by atoms with Gasteiger partial charge >= 0.3 is 0 Å². The van der Waals surface area contributed by atoms with Gasteiger partial charge in [-0.05, 0) is 143 Å². The molecule has 2 aromatic heterocycles. The van der Waals surface area contributed by atoms with E-state index in [0.717, 1.165) is 74.3 Å². The molecule has 0 bridgehead atoms. The number of aryl methyl sites for hydroxylation is 3. The third kappa shape index (κ3) is 7.27. The molecule has 10 rings (SSSR count). The highest BCUT2D eigenvalue weighted by molar-refractivity contribution is 7.15. The first-order valence-electron chi connectivity index (χ1n) is 21.5. The van der Waals surface area contributed by atoms with Crippen LogP contribution in [-0.4, -0.2) is 69.8 Å². The molecule has 3 atom stereocenters. The van der Waals surface area contributed by atoms with Gasteiger partial charge in [0, 0.05) is 53.2 Å². The van der Waals surface area contributed by atoms with Crippen LogP contribution >= 0.6 is 11.3 Å². The van der Waals surface area contributed by atoms with Gasteiger partial charge in [0.25, 0.3) is 0 Å². The summed E-state index contributed by atoms with van der Waals surface area (Å²) in [5.41, 5.74) is 11.3.